The van der Waals surface area contributed by atoms with Crippen LogP contribution in [0.15, 0.2) is 47.5 Å². The third-order valence-corrected chi connectivity index (χ3v) is 7.93. The average Bonchev–Trinajstić information content (AvgIpc) is 3.16. The predicted octanol–water partition coefficient (Wildman–Crippen LogP) is 3.58. The number of hydrogen-bond donors (Lipinski definition) is 0. The number of sulfone groups is 1. The number of nitrogens with zero attached hydrogens (tertiary/aromatic N) is 2. The molecule has 0 aliphatic carbocycles. The number of amides is 1. The number of aromatic nitrogens is 1. The van der Waals surface area contributed by atoms with Crippen LogP contribution >= 0.6 is 11.3 Å². The molecule has 0 N–H and O–H groups in total. The molecule has 1 aromatic heterocycles. The molecule has 0 spiro atoms. The van der Waals surface area contributed by atoms with Gasteiger partial charge in [0.2, 0.25) is 5.91 Å². The van der Waals surface area contributed by atoms with Crippen molar-refractivity contribution in [2.45, 2.75) is 32.1 Å². The first kappa shape index (κ1) is 25.9. The molecule has 0 aliphatic rings. The molecular formula is C24H30N2O6S2. The van der Waals surface area contributed by atoms with E-state index in [9.17, 15) is 13.2 Å². The average molecular weight is 507 g/mol. The smallest absolute Gasteiger partial charge is 0.248 e. The zero-order chi connectivity index (χ0) is 24.6. The first-order valence-corrected chi connectivity index (χ1v) is 13.7. The van der Waals surface area contributed by atoms with E-state index in [2.05, 4.69) is 4.99 Å². The van der Waals surface area contributed by atoms with Gasteiger partial charge in [0.1, 0.15) is 21.7 Å². The molecule has 2 aromatic carbocycles. The minimum absolute atomic E-state index is 0.0352. The van der Waals surface area contributed by atoms with Gasteiger partial charge in [0.05, 0.1) is 32.3 Å². The Balaban J connectivity index is 1.81. The fraction of sp³-hybridized carbons (Fsp3) is 0.417. The van der Waals surface area contributed by atoms with E-state index in [1.165, 1.54) is 11.3 Å². The highest BCUT2D eigenvalue weighted by atomic mass is 32.2. The lowest BCUT2D eigenvalue weighted by Gasteiger charge is -2.10. The minimum Gasteiger partial charge on any atom is -0.495 e. The third-order valence-electron chi connectivity index (χ3n) is 5.15. The van der Waals surface area contributed by atoms with Gasteiger partial charge in [-0.25, -0.2) is 8.42 Å². The second kappa shape index (κ2) is 12.1. The van der Waals surface area contributed by atoms with E-state index in [-0.39, 0.29) is 30.3 Å². The van der Waals surface area contributed by atoms with E-state index >= 15 is 0 Å². The van der Waals surface area contributed by atoms with Crippen molar-refractivity contribution < 1.29 is 27.4 Å². The van der Waals surface area contributed by atoms with Crippen molar-refractivity contribution in [2.75, 3.05) is 33.2 Å². The largest absolute Gasteiger partial charge is 0.495 e. The molecule has 0 aliphatic heterocycles. The van der Waals surface area contributed by atoms with Crippen LogP contribution in [0, 0.1) is 0 Å². The standard InChI is InChI=1S/C24H30N2O6S2/c1-4-32-15-14-26-22-19(30-2)12-13-20(31-3)23(22)33-24(26)25-21(27)11-8-16-34(28,29)17-18-9-6-5-7-10-18/h5-7,9-10,12-13H,4,8,11,14-17H2,1-3H3. The quantitative estimate of drug-likeness (QED) is 0.349. The Kier molecular flexibility index (Phi) is 9.26. The Morgan fingerprint density at radius 2 is 1.76 bits per heavy atom. The minimum atomic E-state index is -3.31. The lowest BCUT2D eigenvalue weighted by Crippen LogP contribution is -2.20. The molecular weight excluding hydrogens is 476 g/mol. The highest BCUT2D eigenvalue weighted by molar-refractivity contribution is 7.90. The molecule has 1 amide bonds. The summed E-state index contributed by atoms with van der Waals surface area (Å²) in [5.41, 5.74) is 1.52. The number of benzene rings is 2. The summed E-state index contributed by atoms with van der Waals surface area (Å²) < 4.78 is 44.1. The molecule has 10 heteroatoms. The van der Waals surface area contributed by atoms with Crippen LogP contribution in [0.25, 0.3) is 10.2 Å². The molecule has 0 saturated carbocycles. The summed E-state index contributed by atoms with van der Waals surface area (Å²) in [6, 6.07) is 12.6. The Morgan fingerprint density at radius 3 is 2.44 bits per heavy atom. The molecule has 34 heavy (non-hydrogen) atoms. The molecule has 3 aromatic rings. The van der Waals surface area contributed by atoms with E-state index in [4.69, 9.17) is 14.2 Å². The molecule has 0 saturated heterocycles. The lowest BCUT2D eigenvalue weighted by atomic mass is 10.2. The van der Waals surface area contributed by atoms with E-state index in [1.807, 2.05) is 41.8 Å². The fourth-order valence-electron chi connectivity index (χ4n) is 3.55. The molecule has 3 rings (SSSR count). The van der Waals surface area contributed by atoms with Gasteiger partial charge in [-0.3, -0.25) is 4.79 Å². The summed E-state index contributed by atoms with van der Waals surface area (Å²) in [4.78, 5) is 17.5. The molecule has 184 valence electrons. The molecule has 0 fully saturated rings. The van der Waals surface area contributed by atoms with E-state index in [1.54, 1.807) is 26.4 Å². The molecule has 0 atom stereocenters. The van der Waals surface area contributed by atoms with Crippen LogP contribution in [-0.4, -0.2) is 52.1 Å². The summed E-state index contributed by atoms with van der Waals surface area (Å²) in [6.45, 7) is 3.42. The maximum absolute atomic E-state index is 12.7. The Morgan fingerprint density at radius 1 is 1.06 bits per heavy atom. The van der Waals surface area contributed by atoms with Crippen molar-refractivity contribution in [3.8, 4) is 11.5 Å². The highest BCUT2D eigenvalue weighted by Gasteiger charge is 2.17. The van der Waals surface area contributed by atoms with E-state index in [0.717, 1.165) is 15.8 Å². The highest BCUT2D eigenvalue weighted by Crippen LogP contribution is 2.35. The van der Waals surface area contributed by atoms with Gasteiger partial charge in [0.25, 0.3) is 0 Å². The van der Waals surface area contributed by atoms with Gasteiger partial charge in [-0.2, -0.15) is 4.99 Å². The molecule has 0 bridgehead atoms. The molecule has 1 heterocycles. The number of rotatable bonds is 12. The second-order valence-electron chi connectivity index (χ2n) is 7.57. The normalized spacial score (nSPS) is 12.3. The first-order valence-electron chi connectivity index (χ1n) is 11.0. The van der Waals surface area contributed by atoms with Crippen LogP contribution in [-0.2, 0) is 31.7 Å². The first-order chi connectivity index (χ1) is 16.4. The van der Waals surface area contributed by atoms with Crippen LogP contribution in [0.4, 0.5) is 0 Å². The van der Waals surface area contributed by atoms with Crippen LogP contribution in [0.5, 0.6) is 11.5 Å². The molecule has 0 unspecified atom stereocenters. The summed E-state index contributed by atoms with van der Waals surface area (Å²) in [7, 11) is -0.137. The number of thiazole rings is 1. The van der Waals surface area contributed by atoms with Crippen LogP contribution in [0.3, 0.4) is 0 Å². The van der Waals surface area contributed by atoms with Gasteiger partial charge < -0.3 is 18.8 Å². The molecule has 8 nitrogen and oxygen atoms in total. The van der Waals surface area contributed by atoms with Gasteiger partial charge >= 0.3 is 0 Å². The lowest BCUT2D eigenvalue weighted by molar-refractivity contribution is -0.118. The summed E-state index contributed by atoms with van der Waals surface area (Å²) in [5, 5.41) is 0. The van der Waals surface area contributed by atoms with Crippen molar-refractivity contribution >= 4 is 37.3 Å². The van der Waals surface area contributed by atoms with E-state index < -0.39 is 9.84 Å². The van der Waals surface area contributed by atoms with Crippen LogP contribution in [0.1, 0.15) is 25.3 Å². The number of carbonyl (C=O) groups excluding carboxylic acids is 1. The fourth-order valence-corrected chi connectivity index (χ4v) is 6.16. The van der Waals surface area contributed by atoms with Gasteiger partial charge in [-0.1, -0.05) is 41.7 Å². The van der Waals surface area contributed by atoms with Gasteiger partial charge in [-0.15, -0.1) is 0 Å². The van der Waals surface area contributed by atoms with Crippen molar-refractivity contribution in [2.24, 2.45) is 4.99 Å². The SMILES string of the molecule is CCOCCn1c(=NC(=O)CCCS(=O)(=O)Cc2ccccc2)sc2c(OC)ccc(OC)c21. The van der Waals surface area contributed by atoms with Gasteiger partial charge in [0, 0.05) is 19.6 Å². The molecule has 0 radical (unpaired) electrons. The third kappa shape index (κ3) is 6.68. The van der Waals surface area contributed by atoms with Crippen LogP contribution < -0.4 is 14.3 Å². The zero-order valence-corrected chi connectivity index (χ0v) is 21.3. The maximum atomic E-state index is 12.7. The number of methoxy groups -OCH3 is 2. The van der Waals surface area contributed by atoms with Gasteiger partial charge in [0.15, 0.2) is 14.6 Å². The maximum Gasteiger partial charge on any atom is 0.248 e. The monoisotopic (exact) mass is 506 g/mol. The van der Waals surface area contributed by atoms with Crippen molar-refractivity contribution in [3.63, 3.8) is 0 Å². The van der Waals surface area contributed by atoms with Crippen molar-refractivity contribution in [3.05, 3.63) is 52.8 Å². The Labute approximate surface area is 203 Å². The number of fused-ring (bicyclic) bond motifs is 1. The zero-order valence-electron chi connectivity index (χ0n) is 19.7. The Hall–Kier alpha value is -2.69. The van der Waals surface area contributed by atoms with E-state index in [0.29, 0.717) is 36.1 Å². The van der Waals surface area contributed by atoms with Crippen LogP contribution in [0.2, 0.25) is 0 Å². The number of carbonyl (C=O) groups is 1. The summed E-state index contributed by atoms with van der Waals surface area (Å²) in [5.74, 6) is 0.828. The topological polar surface area (TPSA) is 96.2 Å². The second-order valence-corrected chi connectivity index (χ2v) is 10.7. The predicted molar refractivity (Wildman–Crippen MR) is 133 cm³/mol. The summed E-state index contributed by atoms with van der Waals surface area (Å²) in [6.07, 6.45) is 0.260. The summed E-state index contributed by atoms with van der Waals surface area (Å²) >= 11 is 1.33. The Bertz CT molecular complexity index is 1280. The van der Waals surface area contributed by atoms with Gasteiger partial charge in [-0.05, 0) is 31.0 Å². The van der Waals surface area contributed by atoms with Crippen molar-refractivity contribution in [1.29, 1.82) is 0 Å². The number of ether oxygens (including phenoxy) is 3. The number of hydrogen-bond acceptors (Lipinski definition) is 7. The van der Waals surface area contributed by atoms with Crippen molar-refractivity contribution in [1.82, 2.24) is 4.57 Å².